The summed E-state index contributed by atoms with van der Waals surface area (Å²) in [4.78, 5) is 0. The molecule has 3 heteroatoms. The predicted octanol–water partition coefficient (Wildman–Crippen LogP) is 5.48. The van der Waals surface area contributed by atoms with Gasteiger partial charge in [0.25, 0.3) is 0 Å². The van der Waals surface area contributed by atoms with Crippen LogP contribution in [0.3, 0.4) is 0 Å². The Kier molecular flexibility index (Phi) is 8.85. The van der Waals surface area contributed by atoms with E-state index in [1.165, 1.54) is 38.5 Å². The van der Waals surface area contributed by atoms with Crippen molar-refractivity contribution >= 4 is 29.8 Å². The van der Waals surface area contributed by atoms with Crippen LogP contribution in [0.15, 0.2) is 0 Å². The lowest BCUT2D eigenvalue weighted by Crippen LogP contribution is -1.96. The zero-order chi connectivity index (χ0) is 10.2. The van der Waals surface area contributed by atoms with Gasteiger partial charge in [-0.05, 0) is 12.8 Å². The van der Waals surface area contributed by atoms with Crippen LogP contribution in [0.25, 0.3) is 0 Å². The summed E-state index contributed by atoms with van der Waals surface area (Å²) in [5.41, 5.74) is 0. The average molecular weight is 245 g/mol. The highest BCUT2D eigenvalue weighted by molar-refractivity contribution is 8.65. The van der Waals surface area contributed by atoms with Crippen molar-refractivity contribution in [1.29, 1.82) is 0 Å². The molecule has 82 valence electrons. The maximum Gasteiger partial charge on any atom is 0.00301 e. The summed E-state index contributed by atoms with van der Waals surface area (Å²) in [6, 6.07) is 0. The van der Waals surface area contributed by atoms with Crippen LogP contribution in [-0.4, -0.2) is 11.5 Å². The highest BCUT2D eigenvalue weighted by Crippen LogP contribution is 2.59. The van der Waals surface area contributed by atoms with E-state index in [4.69, 9.17) is 21.4 Å². The molecule has 0 heterocycles. The topological polar surface area (TPSA) is 0 Å². The Morgan fingerprint density at radius 3 is 1.85 bits per heavy atom. The molecule has 0 radical (unpaired) electrons. The standard InChI is InChI=1S/C10H22Cl2S/c1-3-5-7-8-10-13(11,12)9-6-4-2/h3-10H2,1-2H3. The number of hydrogen-bond acceptors (Lipinski definition) is 0. The van der Waals surface area contributed by atoms with E-state index >= 15 is 0 Å². The molecule has 0 saturated carbocycles. The van der Waals surface area contributed by atoms with Crippen molar-refractivity contribution in [3.05, 3.63) is 0 Å². The molecule has 0 aliphatic heterocycles. The molecule has 0 aliphatic rings. The van der Waals surface area contributed by atoms with Crippen molar-refractivity contribution < 1.29 is 0 Å². The van der Waals surface area contributed by atoms with Gasteiger partial charge in [-0.15, -0.1) is 0 Å². The Bertz CT molecular complexity index is 115. The Morgan fingerprint density at radius 2 is 1.31 bits per heavy atom. The van der Waals surface area contributed by atoms with Gasteiger partial charge in [-0.2, -0.15) is 0 Å². The summed E-state index contributed by atoms with van der Waals surface area (Å²) in [5.74, 6) is 2.06. The minimum absolute atomic E-state index is 1.03. The zero-order valence-electron chi connectivity index (χ0n) is 8.82. The Balaban J connectivity index is 3.39. The molecule has 0 fully saturated rings. The maximum atomic E-state index is 6.24. The third kappa shape index (κ3) is 9.24. The van der Waals surface area contributed by atoms with Crippen LogP contribution >= 0.6 is 29.8 Å². The third-order valence-electron chi connectivity index (χ3n) is 2.09. The van der Waals surface area contributed by atoms with Gasteiger partial charge in [0.1, 0.15) is 0 Å². The largest absolute Gasteiger partial charge is 0.0844 e. The van der Waals surface area contributed by atoms with Gasteiger partial charge in [0.2, 0.25) is 0 Å². The van der Waals surface area contributed by atoms with Gasteiger partial charge in [-0.3, -0.25) is 0 Å². The number of rotatable bonds is 8. The quantitative estimate of drug-likeness (QED) is 0.497. The van der Waals surface area contributed by atoms with Gasteiger partial charge in [0, 0.05) is 11.5 Å². The summed E-state index contributed by atoms with van der Waals surface area (Å²) < 4.78 is 0. The fourth-order valence-corrected chi connectivity index (χ4v) is 4.05. The lowest BCUT2D eigenvalue weighted by molar-refractivity contribution is 0.705. The minimum Gasteiger partial charge on any atom is -0.0844 e. The van der Waals surface area contributed by atoms with Crippen LogP contribution in [0.5, 0.6) is 0 Å². The first kappa shape index (κ1) is 13.9. The average Bonchev–Trinajstić information content (AvgIpc) is 2.09. The molecule has 0 bridgehead atoms. The van der Waals surface area contributed by atoms with Crippen molar-refractivity contribution in [2.45, 2.75) is 52.4 Å². The summed E-state index contributed by atoms with van der Waals surface area (Å²) >= 11 is 0. The molecule has 0 spiro atoms. The summed E-state index contributed by atoms with van der Waals surface area (Å²) in [7, 11) is 11.2. The number of unbranched alkanes of at least 4 members (excludes halogenated alkanes) is 4. The van der Waals surface area contributed by atoms with E-state index in [1.54, 1.807) is 0 Å². The molecule has 0 amide bonds. The highest BCUT2D eigenvalue weighted by atomic mass is 36.0. The normalized spacial score (nSPS) is 13.2. The lowest BCUT2D eigenvalue weighted by Gasteiger charge is -2.24. The minimum atomic E-state index is -1.28. The van der Waals surface area contributed by atoms with Crippen molar-refractivity contribution in [1.82, 2.24) is 0 Å². The Labute approximate surface area is 93.7 Å². The predicted molar refractivity (Wildman–Crippen MR) is 68.1 cm³/mol. The highest BCUT2D eigenvalue weighted by Gasteiger charge is 2.15. The van der Waals surface area contributed by atoms with E-state index in [9.17, 15) is 0 Å². The maximum absolute atomic E-state index is 6.24. The first-order valence-electron chi connectivity index (χ1n) is 5.30. The molecule has 0 atom stereocenters. The van der Waals surface area contributed by atoms with Crippen LogP contribution in [-0.2, 0) is 0 Å². The van der Waals surface area contributed by atoms with Crippen LogP contribution in [0, 0.1) is 0 Å². The SMILES string of the molecule is CCCCCCS(Cl)(Cl)CCCC. The van der Waals surface area contributed by atoms with Gasteiger partial charge in [-0.1, -0.05) is 69.4 Å². The van der Waals surface area contributed by atoms with E-state index in [1.807, 2.05) is 0 Å². The molecule has 13 heavy (non-hydrogen) atoms. The molecule has 0 aromatic rings. The summed E-state index contributed by atoms with van der Waals surface area (Å²) in [5, 5.41) is 0. The van der Waals surface area contributed by atoms with E-state index < -0.39 is 8.46 Å². The van der Waals surface area contributed by atoms with Crippen molar-refractivity contribution in [3.8, 4) is 0 Å². The fraction of sp³-hybridized carbons (Fsp3) is 1.00. The molecule has 0 N–H and O–H groups in total. The Hall–Kier alpha value is 0.930. The monoisotopic (exact) mass is 244 g/mol. The smallest absolute Gasteiger partial charge is 0.00301 e. The number of hydrogen-bond donors (Lipinski definition) is 0. The van der Waals surface area contributed by atoms with Gasteiger partial charge < -0.3 is 0 Å². The van der Waals surface area contributed by atoms with Crippen LogP contribution in [0.1, 0.15) is 52.4 Å². The first-order chi connectivity index (χ1) is 6.12. The molecule has 0 nitrogen and oxygen atoms in total. The molecule has 0 saturated heterocycles. The second kappa shape index (κ2) is 8.26. The van der Waals surface area contributed by atoms with Gasteiger partial charge in [0.15, 0.2) is 0 Å². The van der Waals surface area contributed by atoms with Crippen molar-refractivity contribution in [2.24, 2.45) is 0 Å². The van der Waals surface area contributed by atoms with E-state index in [2.05, 4.69) is 13.8 Å². The fourth-order valence-electron chi connectivity index (χ4n) is 1.20. The zero-order valence-corrected chi connectivity index (χ0v) is 11.1. The van der Waals surface area contributed by atoms with Gasteiger partial charge in [0.05, 0.1) is 0 Å². The van der Waals surface area contributed by atoms with Crippen molar-refractivity contribution in [2.75, 3.05) is 11.5 Å². The molecular weight excluding hydrogens is 223 g/mol. The molecule has 0 aromatic carbocycles. The van der Waals surface area contributed by atoms with Gasteiger partial charge >= 0.3 is 0 Å². The Morgan fingerprint density at radius 1 is 0.769 bits per heavy atom. The van der Waals surface area contributed by atoms with Crippen LogP contribution in [0.4, 0.5) is 0 Å². The molecule has 0 aliphatic carbocycles. The summed E-state index contributed by atoms with van der Waals surface area (Å²) in [6.07, 6.45) is 7.47. The summed E-state index contributed by atoms with van der Waals surface area (Å²) in [6.45, 7) is 4.40. The number of halogens is 2. The van der Waals surface area contributed by atoms with E-state index in [0.717, 1.165) is 11.5 Å². The van der Waals surface area contributed by atoms with Crippen molar-refractivity contribution in [3.63, 3.8) is 0 Å². The molecular formula is C10H22Cl2S. The molecule has 0 unspecified atom stereocenters. The van der Waals surface area contributed by atoms with Gasteiger partial charge in [-0.25, -0.2) is 0 Å². The van der Waals surface area contributed by atoms with E-state index in [0.29, 0.717) is 0 Å². The van der Waals surface area contributed by atoms with Crippen LogP contribution in [0.2, 0.25) is 0 Å². The second-order valence-electron chi connectivity index (χ2n) is 3.52. The van der Waals surface area contributed by atoms with E-state index in [-0.39, 0.29) is 0 Å². The molecule has 0 aromatic heterocycles. The first-order valence-corrected chi connectivity index (χ1v) is 8.92. The third-order valence-corrected chi connectivity index (χ3v) is 5.72. The second-order valence-corrected chi connectivity index (χ2v) is 9.75. The van der Waals surface area contributed by atoms with Crippen LogP contribution < -0.4 is 0 Å². The lowest BCUT2D eigenvalue weighted by atomic mass is 10.2. The molecule has 0 rings (SSSR count).